The van der Waals surface area contributed by atoms with E-state index in [1.807, 2.05) is 24.3 Å². The Hall–Kier alpha value is -1.53. The van der Waals surface area contributed by atoms with E-state index in [0.29, 0.717) is 19.5 Å². The van der Waals surface area contributed by atoms with Gasteiger partial charge < -0.3 is 20.4 Å². The number of aliphatic hydroxyl groups is 2. The van der Waals surface area contributed by atoms with E-state index in [4.69, 9.17) is 5.11 Å². The SMILES string of the molecule is OCCCNCC(O)CN1c2ccccc2Sc2ccccc21. The zero-order chi connectivity index (χ0) is 16.1. The molecule has 0 aromatic heterocycles. The summed E-state index contributed by atoms with van der Waals surface area (Å²) < 4.78 is 0. The molecule has 0 saturated heterocycles. The number of benzene rings is 2. The molecule has 0 aliphatic carbocycles. The molecule has 1 heterocycles. The second-order valence-corrected chi connectivity index (χ2v) is 6.67. The van der Waals surface area contributed by atoms with Crippen molar-refractivity contribution in [2.75, 3.05) is 31.1 Å². The van der Waals surface area contributed by atoms with E-state index in [-0.39, 0.29) is 6.61 Å². The van der Waals surface area contributed by atoms with Crippen LogP contribution in [-0.2, 0) is 0 Å². The average molecular weight is 330 g/mol. The number of nitrogens with one attached hydrogen (secondary N) is 1. The molecule has 3 N–H and O–H groups in total. The lowest BCUT2D eigenvalue weighted by atomic mass is 10.2. The molecule has 1 atom stereocenters. The van der Waals surface area contributed by atoms with Gasteiger partial charge in [0.15, 0.2) is 0 Å². The summed E-state index contributed by atoms with van der Waals surface area (Å²) in [4.78, 5) is 4.62. The first-order chi connectivity index (χ1) is 11.3. The lowest BCUT2D eigenvalue weighted by molar-refractivity contribution is 0.177. The number of β-amino-alcohol motifs (C(OH)–C–C–N with tert-alkyl or cyclic N) is 1. The van der Waals surface area contributed by atoms with Gasteiger partial charge in [-0.15, -0.1) is 0 Å². The zero-order valence-corrected chi connectivity index (χ0v) is 13.8. The topological polar surface area (TPSA) is 55.7 Å². The van der Waals surface area contributed by atoms with Crippen molar-refractivity contribution in [3.8, 4) is 0 Å². The fourth-order valence-corrected chi connectivity index (χ4v) is 3.82. The summed E-state index contributed by atoms with van der Waals surface area (Å²) in [6.07, 6.45) is 0.233. The minimum Gasteiger partial charge on any atom is -0.396 e. The van der Waals surface area contributed by atoms with E-state index in [1.165, 1.54) is 9.79 Å². The highest BCUT2D eigenvalue weighted by Crippen LogP contribution is 2.47. The fourth-order valence-electron chi connectivity index (χ4n) is 2.73. The molecule has 4 nitrogen and oxygen atoms in total. The monoisotopic (exact) mass is 330 g/mol. The number of anilines is 2. The van der Waals surface area contributed by atoms with Gasteiger partial charge in [0.25, 0.3) is 0 Å². The molecule has 2 aromatic rings. The maximum Gasteiger partial charge on any atom is 0.0843 e. The lowest BCUT2D eigenvalue weighted by Crippen LogP contribution is -2.37. The molecule has 3 rings (SSSR count). The van der Waals surface area contributed by atoms with E-state index in [9.17, 15) is 5.11 Å². The van der Waals surface area contributed by atoms with Gasteiger partial charge in [-0.25, -0.2) is 0 Å². The molecule has 0 spiro atoms. The smallest absolute Gasteiger partial charge is 0.0843 e. The van der Waals surface area contributed by atoms with Gasteiger partial charge >= 0.3 is 0 Å². The van der Waals surface area contributed by atoms with Crippen LogP contribution in [0.25, 0.3) is 0 Å². The summed E-state index contributed by atoms with van der Waals surface area (Å²) in [6, 6.07) is 16.6. The second kappa shape index (κ2) is 7.84. The van der Waals surface area contributed by atoms with E-state index in [1.54, 1.807) is 11.8 Å². The van der Waals surface area contributed by atoms with Crippen LogP contribution in [0.5, 0.6) is 0 Å². The Balaban J connectivity index is 1.76. The van der Waals surface area contributed by atoms with Gasteiger partial charge in [-0.05, 0) is 37.2 Å². The molecule has 0 saturated carbocycles. The summed E-state index contributed by atoms with van der Waals surface area (Å²) in [5, 5.41) is 22.4. The molecule has 5 heteroatoms. The fraction of sp³-hybridized carbons (Fsp3) is 0.333. The minimum atomic E-state index is -0.474. The number of hydrogen-bond acceptors (Lipinski definition) is 5. The quantitative estimate of drug-likeness (QED) is 0.682. The summed E-state index contributed by atoms with van der Waals surface area (Å²) >= 11 is 1.77. The lowest BCUT2D eigenvalue weighted by Gasteiger charge is -2.34. The van der Waals surface area contributed by atoms with Crippen LogP contribution in [0.15, 0.2) is 58.3 Å². The van der Waals surface area contributed by atoms with Crippen molar-refractivity contribution in [1.82, 2.24) is 5.32 Å². The molecule has 0 radical (unpaired) electrons. The van der Waals surface area contributed by atoms with Crippen molar-refractivity contribution in [1.29, 1.82) is 0 Å². The van der Waals surface area contributed by atoms with Crippen molar-refractivity contribution in [2.24, 2.45) is 0 Å². The van der Waals surface area contributed by atoms with Crippen LogP contribution in [0.2, 0.25) is 0 Å². The first-order valence-corrected chi connectivity index (χ1v) is 8.74. The average Bonchev–Trinajstić information content (AvgIpc) is 2.58. The molecule has 1 aliphatic heterocycles. The second-order valence-electron chi connectivity index (χ2n) is 5.58. The normalized spacial score (nSPS) is 14.3. The Morgan fingerprint density at radius 2 is 1.61 bits per heavy atom. The van der Waals surface area contributed by atoms with E-state index >= 15 is 0 Å². The van der Waals surface area contributed by atoms with E-state index in [2.05, 4.69) is 34.5 Å². The van der Waals surface area contributed by atoms with Crippen molar-refractivity contribution in [2.45, 2.75) is 22.3 Å². The molecule has 1 aliphatic rings. The Morgan fingerprint density at radius 1 is 1.00 bits per heavy atom. The third kappa shape index (κ3) is 3.87. The van der Waals surface area contributed by atoms with Crippen LogP contribution >= 0.6 is 11.8 Å². The molecule has 122 valence electrons. The molecule has 0 amide bonds. The van der Waals surface area contributed by atoms with Crippen molar-refractivity contribution in [3.63, 3.8) is 0 Å². The summed E-state index contributed by atoms with van der Waals surface area (Å²) in [7, 11) is 0. The van der Waals surface area contributed by atoms with Gasteiger partial charge in [0.2, 0.25) is 0 Å². The summed E-state index contributed by atoms with van der Waals surface area (Å²) in [6.45, 7) is 1.96. The van der Waals surface area contributed by atoms with Crippen molar-refractivity contribution < 1.29 is 10.2 Å². The highest BCUT2D eigenvalue weighted by molar-refractivity contribution is 7.99. The van der Waals surface area contributed by atoms with Crippen LogP contribution in [0.4, 0.5) is 11.4 Å². The standard InChI is InChI=1S/C18H22N2O2S/c21-11-5-10-19-12-14(22)13-20-15-6-1-3-8-17(15)23-18-9-4-2-7-16(18)20/h1-4,6-9,14,19,21-22H,5,10-13H2. The first-order valence-electron chi connectivity index (χ1n) is 7.92. The Bertz CT molecular complexity index is 605. The van der Waals surface area contributed by atoms with Gasteiger partial charge in [-0.3, -0.25) is 0 Å². The van der Waals surface area contributed by atoms with Crippen molar-refractivity contribution in [3.05, 3.63) is 48.5 Å². The number of rotatable bonds is 7. The van der Waals surface area contributed by atoms with Gasteiger partial charge in [0.1, 0.15) is 0 Å². The molecule has 0 bridgehead atoms. The summed E-state index contributed by atoms with van der Waals surface area (Å²) in [5.74, 6) is 0. The molecular weight excluding hydrogens is 308 g/mol. The highest BCUT2D eigenvalue weighted by atomic mass is 32.2. The minimum absolute atomic E-state index is 0.174. The molecular formula is C18H22N2O2S. The van der Waals surface area contributed by atoms with Gasteiger partial charge in [0.05, 0.1) is 24.0 Å². The predicted molar refractivity (Wildman–Crippen MR) is 94.6 cm³/mol. The molecule has 0 fully saturated rings. The van der Waals surface area contributed by atoms with Gasteiger partial charge in [-0.1, -0.05) is 36.0 Å². The number of nitrogens with zero attached hydrogens (tertiary/aromatic N) is 1. The Morgan fingerprint density at radius 3 is 2.22 bits per heavy atom. The third-order valence-corrected chi connectivity index (χ3v) is 4.95. The maximum absolute atomic E-state index is 10.4. The van der Waals surface area contributed by atoms with E-state index in [0.717, 1.165) is 17.9 Å². The third-order valence-electron chi connectivity index (χ3n) is 3.82. The first kappa shape index (κ1) is 16.3. The molecule has 23 heavy (non-hydrogen) atoms. The highest BCUT2D eigenvalue weighted by Gasteiger charge is 2.24. The van der Waals surface area contributed by atoms with Gasteiger partial charge in [0, 0.05) is 22.9 Å². The van der Waals surface area contributed by atoms with Crippen molar-refractivity contribution >= 4 is 23.1 Å². The van der Waals surface area contributed by atoms with Crippen LogP contribution in [0.3, 0.4) is 0 Å². The Labute approximate surface area is 141 Å². The zero-order valence-electron chi connectivity index (χ0n) is 13.0. The predicted octanol–water partition coefficient (Wildman–Crippen LogP) is 2.62. The van der Waals surface area contributed by atoms with Crippen LogP contribution in [0, 0.1) is 0 Å². The van der Waals surface area contributed by atoms with Crippen LogP contribution < -0.4 is 10.2 Å². The van der Waals surface area contributed by atoms with Crippen LogP contribution in [-0.4, -0.2) is 42.6 Å². The Kier molecular flexibility index (Phi) is 5.56. The van der Waals surface area contributed by atoms with Gasteiger partial charge in [-0.2, -0.15) is 0 Å². The summed E-state index contributed by atoms with van der Waals surface area (Å²) in [5.41, 5.74) is 2.29. The number of fused-ring (bicyclic) bond motifs is 2. The molecule has 2 aromatic carbocycles. The number of hydrogen-bond donors (Lipinski definition) is 3. The van der Waals surface area contributed by atoms with E-state index < -0.39 is 6.10 Å². The largest absolute Gasteiger partial charge is 0.396 e. The number of aliphatic hydroxyl groups excluding tert-OH is 2. The number of para-hydroxylation sites is 2. The maximum atomic E-state index is 10.4. The molecule has 1 unspecified atom stereocenters. The van der Waals surface area contributed by atoms with Crippen LogP contribution in [0.1, 0.15) is 6.42 Å².